The molecule has 1 N–H and O–H groups in total. The first-order chi connectivity index (χ1) is 8.47. The van der Waals surface area contributed by atoms with Crippen molar-refractivity contribution in [3.8, 4) is 0 Å². The summed E-state index contributed by atoms with van der Waals surface area (Å²) in [6.07, 6.45) is 5.26. The fourth-order valence-corrected chi connectivity index (χ4v) is 2.82. The highest BCUT2D eigenvalue weighted by atomic mass is 35.5. The van der Waals surface area contributed by atoms with Gasteiger partial charge in [0.25, 0.3) is 0 Å². The summed E-state index contributed by atoms with van der Waals surface area (Å²) in [5.41, 5.74) is 0.749. The van der Waals surface area contributed by atoms with Crippen LogP contribution in [0.5, 0.6) is 0 Å². The van der Waals surface area contributed by atoms with E-state index in [1.54, 1.807) is 12.4 Å². The third-order valence-corrected chi connectivity index (χ3v) is 4.35. The largest absolute Gasteiger partial charge is 0.391 e. The van der Waals surface area contributed by atoms with Gasteiger partial charge in [-0.15, -0.1) is 0 Å². The van der Waals surface area contributed by atoms with E-state index in [1.807, 2.05) is 20.2 Å². The minimum absolute atomic E-state index is 0.202. The third-order valence-electron chi connectivity index (χ3n) is 4.01. The van der Waals surface area contributed by atoms with Crippen LogP contribution in [0.1, 0.15) is 32.3 Å². The van der Waals surface area contributed by atoms with Crippen LogP contribution in [0.25, 0.3) is 0 Å². The number of likely N-dealkylation sites (N-methyl/N-ethyl adjacent to an activating group) is 1. The number of pyridine rings is 1. The van der Waals surface area contributed by atoms with Gasteiger partial charge in [0.1, 0.15) is 0 Å². The Morgan fingerprint density at radius 2 is 2.00 bits per heavy atom. The van der Waals surface area contributed by atoms with Gasteiger partial charge in [0.2, 0.25) is 0 Å². The summed E-state index contributed by atoms with van der Waals surface area (Å²) >= 11 is 6.10. The zero-order valence-corrected chi connectivity index (χ0v) is 12.4. The van der Waals surface area contributed by atoms with E-state index in [0.29, 0.717) is 11.4 Å². The minimum atomic E-state index is -0.442. The summed E-state index contributed by atoms with van der Waals surface area (Å²) in [5.74, 6) is 0. The summed E-state index contributed by atoms with van der Waals surface area (Å²) in [6, 6.07) is 1.87. The zero-order chi connectivity index (χ0) is 13.8. The molecule has 1 rings (SSSR count). The topological polar surface area (TPSA) is 36.4 Å². The summed E-state index contributed by atoms with van der Waals surface area (Å²) in [7, 11) is 4.04. The van der Waals surface area contributed by atoms with E-state index in [0.717, 1.165) is 18.4 Å². The van der Waals surface area contributed by atoms with Gasteiger partial charge in [-0.3, -0.25) is 4.98 Å². The summed E-state index contributed by atoms with van der Waals surface area (Å²) in [5, 5.41) is 11.2. The van der Waals surface area contributed by atoms with Crippen LogP contribution in [0, 0.1) is 0 Å². The molecule has 0 aromatic carbocycles. The lowest BCUT2D eigenvalue weighted by atomic mass is 9.82. The standard InChI is InChI=1S/C14H23ClN2O/c1-5-14(6-2,17(3)4)13(18)9-11-7-8-16-10-12(11)15/h7-8,10,13,18H,5-6,9H2,1-4H3. The quantitative estimate of drug-likeness (QED) is 0.864. The van der Waals surface area contributed by atoms with Crippen molar-refractivity contribution in [1.29, 1.82) is 0 Å². The molecule has 0 aliphatic carbocycles. The molecular weight excluding hydrogens is 248 g/mol. The number of halogens is 1. The Kier molecular flexibility index (Phi) is 5.57. The first kappa shape index (κ1) is 15.4. The monoisotopic (exact) mass is 270 g/mol. The Labute approximate surface area is 115 Å². The molecule has 1 heterocycles. The Morgan fingerprint density at radius 1 is 1.39 bits per heavy atom. The lowest BCUT2D eigenvalue weighted by Gasteiger charge is -2.42. The van der Waals surface area contributed by atoms with Gasteiger partial charge < -0.3 is 10.0 Å². The Balaban J connectivity index is 2.92. The molecule has 102 valence electrons. The van der Waals surface area contributed by atoms with Gasteiger partial charge >= 0.3 is 0 Å². The SMILES string of the molecule is CCC(CC)(C(O)Cc1ccncc1Cl)N(C)C. The van der Waals surface area contributed by atoms with E-state index < -0.39 is 6.10 Å². The molecule has 0 aliphatic rings. The van der Waals surface area contributed by atoms with Crippen molar-refractivity contribution in [1.82, 2.24) is 9.88 Å². The van der Waals surface area contributed by atoms with Crippen LogP contribution in [-0.4, -0.2) is 40.7 Å². The van der Waals surface area contributed by atoms with E-state index in [4.69, 9.17) is 11.6 Å². The Bertz CT molecular complexity index is 378. The van der Waals surface area contributed by atoms with Crippen molar-refractivity contribution in [3.05, 3.63) is 29.0 Å². The lowest BCUT2D eigenvalue weighted by molar-refractivity contribution is -0.0125. The second-order valence-corrected chi connectivity index (χ2v) is 5.30. The van der Waals surface area contributed by atoms with Crippen molar-refractivity contribution in [2.24, 2.45) is 0 Å². The fourth-order valence-electron chi connectivity index (χ4n) is 2.62. The molecule has 3 nitrogen and oxygen atoms in total. The molecule has 0 saturated heterocycles. The first-order valence-corrected chi connectivity index (χ1v) is 6.79. The highest BCUT2D eigenvalue weighted by Crippen LogP contribution is 2.29. The van der Waals surface area contributed by atoms with Crippen LogP contribution >= 0.6 is 11.6 Å². The van der Waals surface area contributed by atoms with E-state index in [1.165, 1.54) is 0 Å². The molecule has 0 radical (unpaired) electrons. The molecular formula is C14H23ClN2O. The molecule has 0 fully saturated rings. The predicted molar refractivity (Wildman–Crippen MR) is 76.0 cm³/mol. The highest BCUT2D eigenvalue weighted by molar-refractivity contribution is 6.31. The van der Waals surface area contributed by atoms with Crippen LogP contribution in [0.2, 0.25) is 5.02 Å². The Morgan fingerprint density at radius 3 is 2.44 bits per heavy atom. The van der Waals surface area contributed by atoms with Gasteiger partial charge in [-0.25, -0.2) is 0 Å². The van der Waals surface area contributed by atoms with Crippen molar-refractivity contribution in [2.75, 3.05) is 14.1 Å². The van der Waals surface area contributed by atoms with Crippen LogP contribution in [-0.2, 0) is 6.42 Å². The molecule has 18 heavy (non-hydrogen) atoms. The maximum atomic E-state index is 10.6. The van der Waals surface area contributed by atoms with Crippen LogP contribution in [0.4, 0.5) is 0 Å². The van der Waals surface area contributed by atoms with Crippen LogP contribution < -0.4 is 0 Å². The normalized spacial score (nSPS) is 13.9. The van der Waals surface area contributed by atoms with E-state index in [2.05, 4.69) is 23.7 Å². The average Bonchev–Trinajstić information content (AvgIpc) is 2.34. The third kappa shape index (κ3) is 3.02. The summed E-state index contributed by atoms with van der Waals surface area (Å²) in [4.78, 5) is 6.08. The van der Waals surface area contributed by atoms with Crippen molar-refractivity contribution in [2.45, 2.75) is 44.8 Å². The van der Waals surface area contributed by atoms with Crippen molar-refractivity contribution >= 4 is 11.6 Å². The van der Waals surface area contributed by atoms with Gasteiger partial charge in [-0.2, -0.15) is 0 Å². The number of hydrogen-bond acceptors (Lipinski definition) is 3. The molecule has 0 saturated carbocycles. The van der Waals surface area contributed by atoms with E-state index >= 15 is 0 Å². The second kappa shape index (κ2) is 6.50. The van der Waals surface area contributed by atoms with Gasteiger partial charge in [-0.05, 0) is 38.6 Å². The second-order valence-electron chi connectivity index (χ2n) is 4.89. The molecule has 0 spiro atoms. The zero-order valence-electron chi connectivity index (χ0n) is 11.7. The van der Waals surface area contributed by atoms with Gasteiger partial charge in [-0.1, -0.05) is 25.4 Å². The average molecular weight is 271 g/mol. The number of aliphatic hydroxyl groups is 1. The number of rotatable bonds is 6. The number of hydrogen-bond donors (Lipinski definition) is 1. The maximum absolute atomic E-state index is 10.6. The molecule has 4 heteroatoms. The number of aromatic nitrogens is 1. The molecule has 1 aromatic rings. The van der Waals surface area contributed by atoms with Crippen molar-refractivity contribution in [3.63, 3.8) is 0 Å². The van der Waals surface area contributed by atoms with Gasteiger partial charge in [0.05, 0.1) is 11.1 Å². The lowest BCUT2D eigenvalue weighted by Crippen LogP contribution is -2.53. The predicted octanol–water partition coefficient (Wildman–Crippen LogP) is 2.76. The molecule has 0 amide bonds. The van der Waals surface area contributed by atoms with E-state index in [-0.39, 0.29) is 5.54 Å². The molecule has 1 atom stereocenters. The van der Waals surface area contributed by atoms with Gasteiger partial charge in [0.15, 0.2) is 0 Å². The molecule has 0 bridgehead atoms. The Hall–Kier alpha value is -0.640. The summed E-state index contributed by atoms with van der Waals surface area (Å²) in [6.45, 7) is 4.22. The van der Waals surface area contributed by atoms with Crippen molar-refractivity contribution < 1.29 is 5.11 Å². The maximum Gasteiger partial charge on any atom is 0.0764 e. The highest BCUT2D eigenvalue weighted by Gasteiger charge is 2.36. The first-order valence-electron chi connectivity index (χ1n) is 6.41. The van der Waals surface area contributed by atoms with E-state index in [9.17, 15) is 5.11 Å². The summed E-state index contributed by atoms with van der Waals surface area (Å²) < 4.78 is 0. The number of nitrogens with zero attached hydrogens (tertiary/aromatic N) is 2. The number of aliphatic hydroxyl groups excluding tert-OH is 1. The molecule has 1 unspecified atom stereocenters. The minimum Gasteiger partial charge on any atom is -0.391 e. The molecule has 1 aromatic heterocycles. The molecule has 0 aliphatic heterocycles. The van der Waals surface area contributed by atoms with Crippen LogP contribution in [0.15, 0.2) is 18.5 Å². The smallest absolute Gasteiger partial charge is 0.0764 e. The van der Waals surface area contributed by atoms with Crippen LogP contribution in [0.3, 0.4) is 0 Å². The van der Waals surface area contributed by atoms with Gasteiger partial charge in [0, 0.05) is 24.4 Å². The fraction of sp³-hybridized carbons (Fsp3) is 0.643.